The molecule has 0 radical (unpaired) electrons. The van der Waals surface area contributed by atoms with E-state index in [1.807, 2.05) is 0 Å². The van der Waals surface area contributed by atoms with Gasteiger partial charge < -0.3 is 9.16 Å². The van der Waals surface area contributed by atoms with Gasteiger partial charge in [-0.3, -0.25) is 0 Å². The molecule has 0 aromatic rings. The predicted molar refractivity (Wildman–Crippen MR) is 101 cm³/mol. The molecule has 0 amide bonds. The first-order valence-electron chi connectivity index (χ1n) is 9.23. The van der Waals surface area contributed by atoms with Crippen LogP contribution in [0.5, 0.6) is 0 Å². The van der Waals surface area contributed by atoms with E-state index in [2.05, 4.69) is 53.4 Å². The lowest BCUT2D eigenvalue weighted by atomic mass is 9.79. The van der Waals surface area contributed by atoms with Crippen molar-refractivity contribution in [2.75, 3.05) is 6.61 Å². The fourth-order valence-corrected chi connectivity index (χ4v) is 4.56. The van der Waals surface area contributed by atoms with Gasteiger partial charge in [0.15, 0.2) is 8.32 Å². The largest absolute Gasteiger partial charge is 0.392 e. The van der Waals surface area contributed by atoms with Crippen LogP contribution in [-0.4, -0.2) is 21.2 Å². The van der Waals surface area contributed by atoms with Gasteiger partial charge in [0.05, 0.1) is 6.61 Å². The molecule has 1 aliphatic heterocycles. The molecule has 0 N–H and O–H groups in total. The van der Waals surface area contributed by atoms with Crippen molar-refractivity contribution in [1.29, 1.82) is 0 Å². The third-order valence-electron chi connectivity index (χ3n) is 6.15. The van der Waals surface area contributed by atoms with E-state index in [4.69, 9.17) is 9.16 Å². The summed E-state index contributed by atoms with van der Waals surface area (Å²) in [4.78, 5) is 0. The molecule has 0 bridgehead atoms. The molecule has 0 aromatic carbocycles. The zero-order valence-electron chi connectivity index (χ0n) is 16.1. The lowest BCUT2D eigenvalue weighted by molar-refractivity contribution is -0.145. The summed E-state index contributed by atoms with van der Waals surface area (Å²) in [7, 11) is -1.77. The summed E-state index contributed by atoms with van der Waals surface area (Å²) < 4.78 is 12.7. The van der Waals surface area contributed by atoms with E-state index in [0.29, 0.717) is 11.8 Å². The van der Waals surface area contributed by atoms with Crippen LogP contribution >= 0.6 is 0 Å². The van der Waals surface area contributed by atoms with Crippen molar-refractivity contribution in [3.63, 3.8) is 0 Å². The van der Waals surface area contributed by atoms with Crippen molar-refractivity contribution in [3.05, 3.63) is 23.8 Å². The number of ether oxygens (including phenoxy) is 1. The van der Waals surface area contributed by atoms with E-state index in [1.54, 1.807) is 0 Å². The average Bonchev–Trinajstić information content (AvgIpc) is 2.48. The zero-order valence-corrected chi connectivity index (χ0v) is 17.1. The molecule has 1 fully saturated rings. The monoisotopic (exact) mass is 336 g/mol. The topological polar surface area (TPSA) is 18.5 Å². The maximum Gasteiger partial charge on any atom is 0.195 e. The molecule has 3 heteroatoms. The first-order valence-corrected chi connectivity index (χ1v) is 12.1. The smallest absolute Gasteiger partial charge is 0.195 e. The van der Waals surface area contributed by atoms with E-state index < -0.39 is 8.32 Å². The minimum atomic E-state index is -1.77. The van der Waals surface area contributed by atoms with Crippen molar-refractivity contribution in [1.82, 2.24) is 0 Å². The molecule has 132 valence electrons. The maximum atomic E-state index is 6.53. The lowest BCUT2D eigenvalue weighted by Crippen LogP contribution is -2.47. The molecule has 1 heterocycles. The number of rotatable bonds is 2. The van der Waals surface area contributed by atoms with Crippen LogP contribution < -0.4 is 0 Å². The highest BCUT2D eigenvalue weighted by atomic mass is 28.4. The van der Waals surface area contributed by atoms with Gasteiger partial charge in [-0.05, 0) is 56.7 Å². The first kappa shape index (κ1) is 18.9. The first-order chi connectivity index (χ1) is 10.6. The van der Waals surface area contributed by atoms with Crippen LogP contribution in [0.15, 0.2) is 23.8 Å². The molecule has 3 atom stereocenters. The van der Waals surface area contributed by atoms with Gasteiger partial charge >= 0.3 is 0 Å². The summed E-state index contributed by atoms with van der Waals surface area (Å²) in [6, 6.07) is 0. The third kappa shape index (κ3) is 4.80. The van der Waals surface area contributed by atoms with Crippen LogP contribution in [0.25, 0.3) is 0 Å². The Balaban J connectivity index is 2.05. The quantitative estimate of drug-likeness (QED) is 0.450. The molecule has 0 unspecified atom stereocenters. The Bertz CT molecular complexity index is 459. The minimum absolute atomic E-state index is 0.0185. The normalized spacial score (nSPS) is 33.0. The zero-order chi connectivity index (χ0) is 17.3. The molecule has 2 rings (SSSR count). The fourth-order valence-electron chi connectivity index (χ4n) is 3.39. The van der Waals surface area contributed by atoms with Crippen LogP contribution in [-0.2, 0) is 9.16 Å². The highest BCUT2D eigenvalue weighted by Gasteiger charge is 2.42. The molecule has 2 nitrogen and oxygen atoms in total. The lowest BCUT2D eigenvalue weighted by Gasteiger charge is -2.43. The molecular weight excluding hydrogens is 300 g/mol. The average molecular weight is 337 g/mol. The van der Waals surface area contributed by atoms with E-state index in [0.717, 1.165) is 25.9 Å². The Morgan fingerprint density at radius 3 is 2.61 bits per heavy atom. The number of hydrogen-bond acceptors (Lipinski definition) is 2. The van der Waals surface area contributed by atoms with Crippen molar-refractivity contribution in [3.8, 4) is 0 Å². The SMILES string of the molecule is C=C1CC/C=C(\C)CC[C@@H]2C[C@H](O[Si](C)(C)C(C)(C)C)OC[C@@H]12. The van der Waals surface area contributed by atoms with Crippen molar-refractivity contribution in [2.24, 2.45) is 11.8 Å². The van der Waals surface area contributed by atoms with Gasteiger partial charge in [-0.15, -0.1) is 0 Å². The van der Waals surface area contributed by atoms with Gasteiger partial charge in [-0.2, -0.15) is 0 Å². The highest BCUT2D eigenvalue weighted by Crippen LogP contribution is 2.42. The molecule has 23 heavy (non-hydrogen) atoms. The van der Waals surface area contributed by atoms with E-state index in [1.165, 1.54) is 24.0 Å². The van der Waals surface area contributed by atoms with Crippen LogP contribution in [0.1, 0.15) is 59.8 Å². The van der Waals surface area contributed by atoms with Gasteiger partial charge in [0.2, 0.25) is 0 Å². The minimum Gasteiger partial charge on any atom is -0.392 e. The summed E-state index contributed by atoms with van der Waals surface area (Å²) in [6.07, 6.45) is 8.10. The van der Waals surface area contributed by atoms with Gasteiger partial charge in [-0.1, -0.05) is 44.6 Å². The van der Waals surface area contributed by atoms with Gasteiger partial charge in [-0.25, -0.2) is 0 Å². The van der Waals surface area contributed by atoms with Gasteiger partial charge in [0.25, 0.3) is 0 Å². The molecule has 1 saturated heterocycles. The molecule has 1 aliphatic carbocycles. The Kier molecular flexibility index (Phi) is 5.97. The van der Waals surface area contributed by atoms with Gasteiger partial charge in [0.1, 0.15) is 6.29 Å². The van der Waals surface area contributed by atoms with E-state index >= 15 is 0 Å². The second kappa shape index (κ2) is 7.24. The van der Waals surface area contributed by atoms with E-state index in [-0.39, 0.29) is 11.3 Å². The third-order valence-corrected chi connectivity index (χ3v) is 10.6. The maximum absolute atomic E-state index is 6.53. The predicted octanol–water partition coefficient (Wildman–Crippen LogP) is 6.06. The van der Waals surface area contributed by atoms with E-state index in [9.17, 15) is 0 Å². The van der Waals surface area contributed by atoms with Crippen molar-refractivity contribution in [2.45, 2.75) is 84.2 Å². The molecule has 0 spiro atoms. The summed E-state index contributed by atoms with van der Waals surface area (Å²) in [5.41, 5.74) is 2.92. The molecule has 0 saturated carbocycles. The summed E-state index contributed by atoms with van der Waals surface area (Å²) in [5, 5.41) is 0.231. The Morgan fingerprint density at radius 2 is 1.96 bits per heavy atom. The summed E-state index contributed by atoms with van der Waals surface area (Å²) in [6.45, 7) is 18.9. The van der Waals surface area contributed by atoms with Crippen LogP contribution in [0, 0.1) is 11.8 Å². The molecular formula is C20H36O2Si. The number of allylic oxidation sites excluding steroid dienone is 2. The molecule has 2 aliphatic rings. The fraction of sp³-hybridized carbons (Fsp3) is 0.800. The second-order valence-corrected chi connectivity index (χ2v) is 13.8. The van der Waals surface area contributed by atoms with Crippen LogP contribution in [0.4, 0.5) is 0 Å². The van der Waals surface area contributed by atoms with Crippen molar-refractivity contribution < 1.29 is 9.16 Å². The van der Waals surface area contributed by atoms with Crippen molar-refractivity contribution >= 4 is 8.32 Å². The Morgan fingerprint density at radius 1 is 1.26 bits per heavy atom. The Labute approximate surface area is 144 Å². The molecule has 0 aromatic heterocycles. The van der Waals surface area contributed by atoms with Crippen LogP contribution in [0.2, 0.25) is 18.1 Å². The Hall–Kier alpha value is -0.383. The van der Waals surface area contributed by atoms with Gasteiger partial charge in [0, 0.05) is 12.3 Å². The number of fused-ring (bicyclic) bond motifs is 1. The van der Waals surface area contributed by atoms with Crippen LogP contribution in [0.3, 0.4) is 0 Å². The second-order valence-electron chi connectivity index (χ2n) is 9.03. The highest BCUT2D eigenvalue weighted by molar-refractivity contribution is 6.74. The summed E-state index contributed by atoms with van der Waals surface area (Å²) in [5.74, 6) is 1.18. The summed E-state index contributed by atoms with van der Waals surface area (Å²) >= 11 is 0. The standard InChI is InChI=1S/C20H36O2Si/c1-15-9-8-10-16(2)18-14-21-19(13-17(18)12-11-15)22-23(6,7)20(3,4)5/h9,17-19H,2,8,10-14H2,1,3-7H3/b15-9+/t17-,18+,19+/m1/s1. The number of hydrogen-bond donors (Lipinski definition) is 0.